The van der Waals surface area contributed by atoms with Crippen molar-refractivity contribution in [2.75, 3.05) is 0 Å². The van der Waals surface area contributed by atoms with Crippen LogP contribution in [0.1, 0.15) is 51.8 Å². The van der Waals surface area contributed by atoms with Crippen LogP contribution in [-0.2, 0) is 25.1 Å². The van der Waals surface area contributed by atoms with Crippen molar-refractivity contribution in [2.24, 2.45) is 7.05 Å². The number of pyridine rings is 2. The number of rotatable bonds is 5. The van der Waals surface area contributed by atoms with E-state index in [0.29, 0.717) is 11.4 Å². The summed E-state index contributed by atoms with van der Waals surface area (Å²) >= 11 is 6.92. The lowest BCUT2D eigenvalue weighted by Crippen LogP contribution is -2.29. The van der Waals surface area contributed by atoms with Gasteiger partial charge in [-0.15, -0.1) is 0 Å². The van der Waals surface area contributed by atoms with Gasteiger partial charge in [0, 0.05) is 42.6 Å². The Hall–Kier alpha value is -3.71. The maximum absolute atomic E-state index is 13.0. The Morgan fingerprint density at radius 2 is 1.63 bits per heavy atom. The summed E-state index contributed by atoms with van der Waals surface area (Å²) in [6, 6.07) is 15.3. The van der Waals surface area contributed by atoms with Crippen molar-refractivity contribution in [3.8, 4) is 0 Å². The summed E-state index contributed by atoms with van der Waals surface area (Å²) in [6.07, 6.45) is 1.33. The van der Waals surface area contributed by atoms with E-state index in [2.05, 4.69) is 23.0 Å². The lowest BCUT2D eigenvalue weighted by Gasteiger charge is -2.32. The number of hydrogen-bond acceptors (Lipinski definition) is 3. The average molecular weight is 535 g/mol. The lowest BCUT2D eigenvalue weighted by atomic mass is 9.72. The molecule has 3 heterocycles. The minimum Gasteiger partial charge on any atom is -0.337 e. The molecular formula is C30H26ClF3N4. The van der Waals surface area contributed by atoms with Gasteiger partial charge in [0.1, 0.15) is 0 Å². The smallest absolute Gasteiger partial charge is 0.337 e. The van der Waals surface area contributed by atoms with Gasteiger partial charge in [0.2, 0.25) is 0 Å². The Morgan fingerprint density at radius 3 is 2.26 bits per heavy atom. The Labute approximate surface area is 224 Å². The topological polar surface area (TPSA) is 43.6 Å². The monoisotopic (exact) mass is 534 g/mol. The predicted molar refractivity (Wildman–Crippen MR) is 143 cm³/mol. The van der Waals surface area contributed by atoms with Gasteiger partial charge in [-0.25, -0.2) is 4.98 Å². The molecule has 0 bridgehead atoms. The fourth-order valence-electron chi connectivity index (χ4n) is 5.16. The number of imidazole rings is 1. The van der Waals surface area contributed by atoms with Crippen molar-refractivity contribution in [1.82, 2.24) is 19.5 Å². The molecule has 1 unspecified atom stereocenters. The molecule has 0 N–H and O–H groups in total. The first-order valence-corrected chi connectivity index (χ1v) is 12.5. The summed E-state index contributed by atoms with van der Waals surface area (Å²) < 4.78 is 40.9. The number of benzene rings is 2. The second kappa shape index (κ2) is 9.55. The predicted octanol–water partition coefficient (Wildman–Crippen LogP) is 7.60. The molecule has 4 nitrogen and oxygen atoms in total. The van der Waals surface area contributed by atoms with Crippen LogP contribution in [0.2, 0.25) is 5.02 Å². The Morgan fingerprint density at radius 1 is 0.921 bits per heavy atom. The van der Waals surface area contributed by atoms with Crippen LogP contribution in [-0.4, -0.2) is 19.5 Å². The number of hydrogen-bond donors (Lipinski definition) is 0. The third-order valence-electron chi connectivity index (χ3n) is 7.22. The van der Waals surface area contributed by atoms with E-state index in [1.807, 2.05) is 55.9 Å². The second-order valence-corrected chi connectivity index (χ2v) is 10.2. The highest BCUT2D eigenvalue weighted by Gasteiger charge is 2.36. The number of alkyl halides is 3. The number of aromatic nitrogens is 4. The minimum atomic E-state index is -4.37. The van der Waals surface area contributed by atoms with Crippen LogP contribution < -0.4 is 0 Å². The largest absolute Gasteiger partial charge is 0.416 e. The molecule has 0 amide bonds. The molecular weight excluding hydrogens is 509 g/mol. The standard InChI is InChI=1S/C30H26ClF3N4/c1-18-5-11-25(19(2)37-18)29(3,27-16-35-17-38(27)4)23-10-12-26-24(14-23)28(31)21(15-36-26)13-20-6-8-22(9-7-20)30(32,33)34/h5-12,14-17H,13H2,1-4H3. The van der Waals surface area contributed by atoms with Crippen LogP contribution in [0.5, 0.6) is 0 Å². The van der Waals surface area contributed by atoms with Gasteiger partial charge >= 0.3 is 6.18 Å². The van der Waals surface area contributed by atoms with Crippen LogP contribution in [0.15, 0.2) is 73.3 Å². The van der Waals surface area contributed by atoms with Gasteiger partial charge in [-0.2, -0.15) is 13.2 Å². The van der Waals surface area contributed by atoms with Gasteiger partial charge in [0.15, 0.2) is 0 Å². The third kappa shape index (κ3) is 4.56. The summed E-state index contributed by atoms with van der Waals surface area (Å²) in [7, 11) is 1.97. The van der Waals surface area contributed by atoms with Gasteiger partial charge in [-0.1, -0.05) is 35.9 Å². The number of fused-ring (bicyclic) bond motifs is 1. The molecule has 0 aliphatic heterocycles. The molecule has 0 spiro atoms. The highest BCUT2D eigenvalue weighted by Crippen LogP contribution is 2.41. The zero-order valence-corrected chi connectivity index (χ0v) is 22.2. The molecule has 3 aromatic heterocycles. The van der Waals surface area contributed by atoms with Crippen molar-refractivity contribution in [3.63, 3.8) is 0 Å². The van der Waals surface area contributed by atoms with Crippen LogP contribution >= 0.6 is 11.6 Å². The maximum atomic E-state index is 13.0. The minimum absolute atomic E-state index is 0.365. The van der Waals surface area contributed by atoms with Gasteiger partial charge in [0.05, 0.1) is 33.5 Å². The van der Waals surface area contributed by atoms with Crippen LogP contribution in [0.25, 0.3) is 10.9 Å². The second-order valence-electron chi connectivity index (χ2n) is 9.80. The zero-order valence-electron chi connectivity index (χ0n) is 21.4. The summed E-state index contributed by atoms with van der Waals surface area (Å²) in [5, 5.41) is 1.31. The molecule has 1 atom stereocenters. The molecule has 0 fully saturated rings. The molecule has 2 aromatic carbocycles. The van der Waals surface area contributed by atoms with Gasteiger partial charge < -0.3 is 4.57 Å². The molecule has 0 saturated heterocycles. The fraction of sp³-hybridized carbons (Fsp3) is 0.233. The normalized spacial score (nSPS) is 13.6. The van der Waals surface area contributed by atoms with Crippen LogP contribution in [0.3, 0.4) is 0 Å². The van der Waals surface area contributed by atoms with Crippen molar-refractivity contribution >= 4 is 22.5 Å². The van der Waals surface area contributed by atoms with Crippen molar-refractivity contribution in [1.29, 1.82) is 0 Å². The summed E-state index contributed by atoms with van der Waals surface area (Å²) in [6.45, 7) is 6.13. The number of aryl methyl sites for hydroxylation is 3. The maximum Gasteiger partial charge on any atom is 0.416 e. The van der Waals surface area contributed by atoms with E-state index in [9.17, 15) is 13.2 Å². The van der Waals surface area contributed by atoms with Gasteiger partial charge in [0.25, 0.3) is 0 Å². The van der Waals surface area contributed by atoms with Crippen molar-refractivity contribution in [3.05, 3.63) is 123 Å². The summed E-state index contributed by atoms with van der Waals surface area (Å²) in [5.74, 6) is 0. The Balaban J connectivity index is 1.62. The van der Waals surface area contributed by atoms with E-state index in [-0.39, 0.29) is 0 Å². The van der Waals surface area contributed by atoms with Crippen LogP contribution in [0, 0.1) is 13.8 Å². The van der Waals surface area contributed by atoms with E-state index in [1.165, 1.54) is 12.1 Å². The zero-order chi connectivity index (χ0) is 27.2. The van der Waals surface area contributed by atoms with E-state index in [1.54, 1.807) is 12.5 Å². The Bertz CT molecular complexity index is 1640. The first kappa shape index (κ1) is 25.9. The van der Waals surface area contributed by atoms with Crippen LogP contribution in [0.4, 0.5) is 13.2 Å². The SMILES string of the molecule is Cc1ccc(C(C)(c2ccc3ncc(Cc4ccc(C(F)(F)F)cc4)c(Cl)c3c2)c2cncn2C)c(C)n1. The van der Waals surface area contributed by atoms with E-state index in [0.717, 1.165) is 62.4 Å². The average Bonchev–Trinajstić information content (AvgIpc) is 3.31. The lowest BCUT2D eigenvalue weighted by molar-refractivity contribution is -0.137. The highest BCUT2D eigenvalue weighted by molar-refractivity contribution is 6.36. The summed E-state index contributed by atoms with van der Waals surface area (Å²) in [5.41, 5.74) is 5.85. The number of nitrogens with zero attached hydrogens (tertiary/aromatic N) is 4. The summed E-state index contributed by atoms with van der Waals surface area (Å²) in [4.78, 5) is 13.7. The Kier molecular flexibility index (Phi) is 6.51. The molecule has 0 saturated carbocycles. The first-order valence-electron chi connectivity index (χ1n) is 12.1. The quantitative estimate of drug-likeness (QED) is 0.233. The molecule has 5 rings (SSSR count). The third-order valence-corrected chi connectivity index (χ3v) is 7.67. The molecule has 0 aliphatic carbocycles. The molecule has 0 radical (unpaired) electrons. The van der Waals surface area contributed by atoms with Gasteiger partial charge in [-0.05, 0) is 73.4 Å². The molecule has 8 heteroatoms. The van der Waals surface area contributed by atoms with E-state index in [4.69, 9.17) is 16.6 Å². The molecule has 194 valence electrons. The highest BCUT2D eigenvalue weighted by atomic mass is 35.5. The van der Waals surface area contributed by atoms with Gasteiger partial charge in [-0.3, -0.25) is 9.97 Å². The van der Waals surface area contributed by atoms with E-state index < -0.39 is 17.2 Å². The molecule has 0 aliphatic rings. The van der Waals surface area contributed by atoms with Crippen molar-refractivity contribution < 1.29 is 13.2 Å². The molecule has 38 heavy (non-hydrogen) atoms. The van der Waals surface area contributed by atoms with E-state index >= 15 is 0 Å². The first-order chi connectivity index (χ1) is 18.0. The number of halogens is 4. The van der Waals surface area contributed by atoms with Crippen molar-refractivity contribution in [2.45, 2.75) is 38.8 Å². The fourth-order valence-corrected chi connectivity index (χ4v) is 5.43. The molecule has 5 aromatic rings.